The molecule has 0 spiro atoms. The summed E-state index contributed by atoms with van der Waals surface area (Å²) in [5, 5.41) is 9.02. The Bertz CT molecular complexity index is 538. The molecule has 78 valence electrons. The van der Waals surface area contributed by atoms with E-state index in [-0.39, 0.29) is 10.5 Å². The molecular weight excluding hydrogens is 229 g/mol. The smallest absolute Gasteiger partial charge is 0.209 e. The molecule has 15 heavy (non-hydrogen) atoms. The van der Waals surface area contributed by atoms with Crippen LogP contribution in [-0.2, 0) is 0 Å². The van der Waals surface area contributed by atoms with Crippen LogP contribution in [0.4, 0.5) is 13.2 Å². The molecule has 0 aliphatic carbocycles. The van der Waals surface area contributed by atoms with Gasteiger partial charge >= 0.3 is 0 Å². The first-order chi connectivity index (χ1) is 7.09. The first kappa shape index (κ1) is 9.84. The molecule has 0 aliphatic heterocycles. The average molecular weight is 232 g/mol. The van der Waals surface area contributed by atoms with Crippen molar-refractivity contribution in [3.05, 3.63) is 34.4 Å². The number of rotatable bonds is 1. The number of hydrogen-bond donors (Lipinski definition) is 1. The standard InChI is InChI=1S/C7H3F3N4S/c8-4-1-3(2-5(9)6(4)10)14-7(15)11-12-13-14/h1-2H,(H,11,13,15). The summed E-state index contributed by atoms with van der Waals surface area (Å²) in [6.45, 7) is 0. The molecule has 1 N–H and O–H groups in total. The Kier molecular flexibility index (Phi) is 2.27. The van der Waals surface area contributed by atoms with Gasteiger partial charge in [0, 0.05) is 12.1 Å². The van der Waals surface area contributed by atoms with E-state index in [1.54, 1.807) is 0 Å². The van der Waals surface area contributed by atoms with Gasteiger partial charge < -0.3 is 0 Å². The van der Waals surface area contributed by atoms with Crippen LogP contribution in [0.25, 0.3) is 5.69 Å². The van der Waals surface area contributed by atoms with Crippen LogP contribution in [0, 0.1) is 22.2 Å². The summed E-state index contributed by atoms with van der Waals surface area (Å²) in [6.07, 6.45) is 0. The molecule has 0 amide bonds. The largest absolute Gasteiger partial charge is 0.242 e. The van der Waals surface area contributed by atoms with Gasteiger partial charge in [0.2, 0.25) is 4.77 Å². The van der Waals surface area contributed by atoms with Gasteiger partial charge in [-0.15, -0.1) is 0 Å². The summed E-state index contributed by atoms with van der Waals surface area (Å²) in [6, 6.07) is 1.57. The lowest BCUT2D eigenvalue weighted by molar-refractivity contribution is 0.445. The monoisotopic (exact) mass is 232 g/mol. The van der Waals surface area contributed by atoms with Gasteiger partial charge in [-0.3, -0.25) is 0 Å². The second-order valence-corrected chi connectivity index (χ2v) is 3.01. The third kappa shape index (κ3) is 1.63. The summed E-state index contributed by atoms with van der Waals surface area (Å²) in [4.78, 5) is 0. The zero-order valence-corrected chi connectivity index (χ0v) is 7.85. The maximum atomic E-state index is 12.8. The number of hydrogen-bond acceptors (Lipinski definition) is 3. The molecule has 0 aliphatic rings. The van der Waals surface area contributed by atoms with Crippen molar-refractivity contribution in [1.82, 2.24) is 20.2 Å². The summed E-state index contributed by atoms with van der Waals surface area (Å²) in [5.74, 6) is -4.14. The molecular formula is C7H3F3N4S. The van der Waals surface area contributed by atoms with Crippen molar-refractivity contribution in [2.75, 3.05) is 0 Å². The van der Waals surface area contributed by atoms with E-state index in [0.717, 1.165) is 16.8 Å². The predicted octanol–water partition coefficient (Wildman–Crippen LogP) is 1.74. The molecule has 1 aromatic carbocycles. The van der Waals surface area contributed by atoms with Gasteiger partial charge in [-0.1, -0.05) is 10.3 Å². The summed E-state index contributed by atoms with van der Waals surface area (Å²) >= 11 is 4.71. The highest BCUT2D eigenvalue weighted by Gasteiger charge is 2.12. The average Bonchev–Trinajstić information content (AvgIpc) is 2.60. The Hall–Kier alpha value is -1.70. The fraction of sp³-hybridized carbons (Fsp3) is 0. The minimum atomic E-state index is -1.53. The number of aromatic amines is 1. The molecule has 0 fully saturated rings. The summed E-state index contributed by atoms with van der Waals surface area (Å²) < 4.78 is 39.3. The lowest BCUT2D eigenvalue weighted by atomic mass is 10.3. The topological polar surface area (TPSA) is 46.5 Å². The Balaban J connectivity index is 2.66. The van der Waals surface area contributed by atoms with Crippen molar-refractivity contribution in [2.45, 2.75) is 0 Å². The molecule has 0 radical (unpaired) electrons. The first-order valence-corrected chi connectivity index (χ1v) is 4.15. The maximum absolute atomic E-state index is 12.8. The Morgan fingerprint density at radius 1 is 1.20 bits per heavy atom. The Morgan fingerprint density at radius 3 is 2.27 bits per heavy atom. The second kappa shape index (κ2) is 3.46. The highest BCUT2D eigenvalue weighted by molar-refractivity contribution is 7.71. The van der Waals surface area contributed by atoms with Crippen LogP contribution >= 0.6 is 12.2 Å². The van der Waals surface area contributed by atoms with E-state index < -0.39 is 17.5 Å². The minimum absolute atomic E-state index is 0.0126. The van der Waals surface area contributed by atoms with Crippen LogP contribution in [0.3, 0.4) is 0 Å². The number of nitrogens with one attached hydrogen (secondary N) is 1. The van der Waals surface area contributed by atoms with E-state index in [2.05, 4.69) is 15.5 Å². The van der Waals surface area contributed by atoms with Gasteiger partial charge in [-0.25, -0.2) is 17.9 Å². The second-order valence-electron chi connectivity index (χ2n) is 2.64. The molecule has 2 aromatic rings. The fourth-order valence-corrected chi connectivity index (χ4v) is 1.22. The van der Waals surface area contributed by atoms with E-state index in [0.29, 0.717) is 0 Å². The molecule has 4 nitrogen and oxygen atoms in total. The first-order valence-electron chi connectivity index (χ1n) is 3.74. The quantitative estimate of drug-likeness (QED) is 0.601. The van der Waals surface area contributed by atoms with E-state index in [1.165, 1.54) is 0 Å². The van der Waals surface area contributed by atoms with Gasteiger partial charge in [-0.05, 0) is 12.2 Å². The van der Waals surface area contributed by atoms with Crippen LogP contribution in [0.1, 0.15) is 0 Å². The van der Waals surface area contributed by atoms with Crippen LogP contribution in [0.2, 0.25) is 0 Å². The fourth-order valence-electron chi connectivity index (χ4n) is 1.04. The number of tetrazole rings is 1. The highest BCUT2D eigenvalue weighted by atomic mass is 32.1. The molecule has 0 saturated heterocycles. The molecule has 0 saturated carbocycles. The van der Waals surface area contributed by atoms with E-state index in [9.17, 15) is 13.2 Å². The van der Waals surface area contributed by atoms with Crippen LogP contribution in [0.5, 0.6) is 0 Å². The zero-order valence-electron chi connectivity index (χ0n) is 7.04. The van der Waals surface area contributed by atoms with Crippen LogP contribution in [0.15, 0.2) is 12.1 Å². The SMILES string of the molecule is Fc1cc(-n2[nH]nnc2=S)cc(F)c1F. The minimum Gasteiger partial charge on any atom is -0.209 e. The Morgan fingerprint density at radius 2 is 1.80 bits per heavy atom. The number of halogens is 3. The third-order valence-corrected chi connectivity index (χ3v) is 1.96. The summed E-state index contributed by atoms with van der Waals surface area (Å²) in [7, 11) is 0. The van der Waals surface area contributed by atoms with Crippen LogP contribution in [-0.4, -0.2) is 20.2 Å². The van der Waals surface area contributed by atoms with Crippen molar-refractivity contribution in [3.8, 4) is 5.69 Å². The lowest BCUT2D eigenvalue weighted by Gasteiger charge is -2.02. The van der Waals surface area contributed by atoms with Crippen molar-refractivity contribution < 1.29 is 13.2 Å². The van der Waals surface area contributed by atoms with Gasteiger partial charge in [0.25, 0.3) is 0 Å². The normalized spacial score (nSPS) is 10.6. The number of H-pyrrole nitrogens is 1. The molecule has 8 heteroatoms. The van der Waals surface area contributed by atoms with Gasteiger partial charge in [0.1, 0.15) is 0 Å². The number of benzene rings is 1. The Labute approximate surface area is 86.3 Å². The third-order valence-electron chi connectivity index (χ3n) is 1.70. The molecule has 0 unspecified atom stereocenters. The molecule has 0 bridgehead atoms. The molecule has 2 rings (SSSR count). The van der Waals surface area contributed by atoms with E-state index >= 15 is 0 Å². The molecule has 1 aromatic heterocycles. The van der Waals surface area contributed by atoms with Crippen molar-refractivity contribution in [3.63, 3.8) is 0 Å². The lowest BCUT2D eigenvalue weighted by Crippen LogP contribution is -2.01. The molecule has 0 atom stereocenters. The number of nitrogens with zero attached hydrogens (tertiary/aromatic N) is 3. The van der Waals surface area contributed by atoms with Gasteiger partial charge in [-0.2, -0.15) is 5.21 Å². The highest BCUT2D eigenvalue weighted by Crippen LogP contribution is 2.15. The van der Waals surface area contributed by atoms with E-state index in [1.807, 2.05) is 0 Å². The summed E-state index contributed by atoms with van der Waals surface area (Å²) in [5.41, 5.74) is -0.0126. The van der Waals surface area contributed by atoms with Crippen LogP contribution < -0.4 is 0 Å². The van der Waals surface area contributed by atoms with Crippen molar-refractivity contribution >= 4 is 12.2 Å². The predicted molar refractivity (Wildman–Crippen MR) is 46.4 cm³/mol. The van der Waals surface area contributed by atoms with Crippen molar-refractivity contribution in [2.24, 2.45) is 0 Å². The molecule has 1 heterocycles. The maximum Gasteiger partial charge on any atom is 0.242 e. The van der Waals surface area contributed by atoms with Gasteiger partial charge in [0.05, 0.1) is 5.69 Å². The van der Waals surface area contributed by atoms with Crippen molar-refractivity contribution in [1.29, 1.82) is 0 Å². The number of aromatic nitrogens is 4. The van der Waals surface area contributed by atoms with Gasteiger partial charge in [0.15, 0.2) is 17.5 Å². The zero-order chi connectivity index (χ0) is 11.0. The van der Waals surface area contributed by atoms with E-state index in [4.69, 9.17) is 12.2 Å².